The van der Waals surface area contributed by atoms with Gasteiger partial charge in [0.1, 0.15) is 0 Å². The van der Waals surface area contributed by atoms with E-state index in [-0.39, 0.29) is 0 Å². The van der Waals surface area contributed by atoms with Gasteiger partial charge in [-0.05, 0) is 5.46 Å². The Morgan fingerprint density at radius 3 is 2.62 bits per heavy atom. The van der Waals surface area contributed by atoms with Gasteiger partial charge in [0.15, 0.2) is 0 Å². The molecule has 0 saturated carbocycles. The standard InChI is InChI=1S/C6H7B3NO3/c10-9-12-7-11-8(13-9)6-4-2-1-3-5-6/h1-5H,10H2. The molecule has 1 aliphatic rings. The van der Waals surface area contributed by atoms with Gasteiger partial charge in [-0.25, -0.2) is 0 Å². The monoisotopic (exact) mass is 174 g/mol. The highest BCUT2D eigenvalue weighted by molar-refractivity contribution is 6.74. The number of nitrogens with two attached hydrogens (primary N) is 1. The van der Waals surface area contributed by atoms with Crippen LogP contribution in [0.25, 0.3) is 0 Å². The molecule has 0 aromatic heterocycles. The van der Waals surface area contributed by atoms with Crippen molar-refractivity contribution in [2.75, 3.05) is 0 Å². The Labute approximate surface area is 78.0 Å². The van der Waals surface area contributed by atoms with Crippen LogP contribution in [0.1, 0.15) is 0 Å². The Morgan fingerprint density at radius 1 is 1.15 bits per heavy atom. The summed E-state index contributed by atoms with van der Waals surface area (Å²) in [6.07, 6.45) is 0. The van der Waals surface area contributed by atoms with E-state index in [4.69, 9.17) is 19.4 Å². The largest absolute Gasteiger partial charge is 0.524 e. The van der Waals surface area contributed by atoms with Gasteiger partial charge in [0, 0.05) is 0 Å². The third kappa shape index (κ3) is 2.13. The molecular formula is C6H7B3NO3. The SMILES string of the molecule is NB1O[B]OB(c2ccccc2)O1. The van der Waals surface area contributed by atoms with E-state index in [1.54, 1.807) is 0 Å². The van der Waals surface area contributed by atoms with Crippen LogP contribution in [0.3, 0.4) is 0 Å². The fourth-order valence-electron chi connectivity index (χ4n) is 1.09. The van der Waals surface area contributed by atoms with Gasteiger partial charge in [-0.1, -0.05) is 30.3 Å². The third-order valence-electron chi connectivity index (χ3n) is 1.70. The Balaban J connectivity index is 2.08. The van der Waals surface area contributed by atoms with Gasteiger partial charge in [0.2, 0.25) is 0 Å². The Bertz CT molecular complexity index is 273. The third-order valence-corrected chi connectivity index (χ3v) is 1.70. The van der Waals surface area contributed by atoms with Crippen LogP contribution in [0.4, 0.5) is 0 Å². The van der Waals surface area contributed by atoms with E-state index in [0.717, 1.165) is 5.46 Å². The second-order valence-corrected chi connectivity index (χ2v) is 2.62. The zero-order valence-corrected chi connectivity index (χ0v) is 6.92. The fraction of sp³-hybridized carbons (Fsp3) is 0. The van der Waals surface area contributed by atoms with Crippen LogP contribution in [0, 0.1) is 0 Å². The van der Waals surface area contributed by atoms with Crippen molar-refractivity contribution in [3.63, 3.8) is 0 Å². The second-order valence-electron chi connectivity index (χ2n) is 2.62. The highest BCUT2D eigenvalue weighted by Gasteiger charge is 2.32. The summed E-state index contributed by atoms with van der Waals surface area (Å²) in [6.45, 7) is 0. The molecule has 1 saturated heterocycles. The molecular weight excluding hydrogens is 167 g/mol. The molecule has 13 heavy (non-hydrogen) atoms. The summed E-state index contributed by atoms with van der Waals surface area (Å²) in [4.78, 5) is 0. The molecule has 1 fully saturated rings. The average Bonchev–Trinajstić information content (AvgIpc) is 2.19. The normalized spacial score (nSPS) is 17.0. The van der Waals surface area contributed by atoms with Crippen LogP contribution >= 0.6 is 0 Å². The van der Waals surface area contributed by atoms with Crippen LogP contribution in [0.5, 0.6) is 0 Å². The van der Waals surface area contributed by atoms with Crippen molar-refractivity contribution < 1.29 is 13.7 Å². The first-order valence-electron chi connectivity index (χ1n) is 3.95. The smallest absolute Gasteiger partial charge is 0.451 e. The first-order chi connectivity index (χ1) is 6.36. The summed E-state index contributed by atoms with van der Waals surface area (Å²) in [5.74, 6) is 0. The first-order valence-corrected chi connectivity index (χ1v) is 3.95. The molecule has 0 atom stereocenters. The molecule has 7 heteroatoms. The Morgan fingerprint density at radius 2 is 1.92 bits per heavy atom. The van der Waals surface area contributed by atoms with Crippen molar-refractivity contribution in [3.8, 4) is 0 Å². The van der Waals surface area contributed by atoms with Crippen molar-refractivity contribution in [2.45, 2.75) is 0 Å². The van der Waals surface area contributed by atoms with E-state index in [9.17, 15) is 0 Å². The fourth-order valence-corrected chi connectivity index (χ4v) is 1.09. The Kier molecular flexibility index (Phi) is 2.70. The molecule has 0 unspecified atom stereocenters. The van der Waals surface area contributed by atoms with Crippen LogP contribution in [0.2, 0.25) is 0 Å². The van der Waals surface area contributed by atoms with E-state index in [1.165, 1.54) is 7.69 Å². The molecule has 2 rings (SSSR count). The zero-order chi connectivity index (χ0) is 9.10. The van der Waals surface area contributed by atoms with Crippen LogP contribution in [0.15, 0.2) is 30.3 Å². The number of benzene rings is 1. The van der Waals surface area contributed by atoms with Gasteiger partial charge in [-0.2, -0.15) is 0 Å². The van der Waals surface area contributed by atoms with Crippen LogP contribution in [-0.2, 0) is 13.7 Å². The van der Waals surface area contributed by atoms with Crippen molar-refractivity contribution in [3.05, 3.63) is 30.3 Å². The molecule has 4 nitrogen and oxygen atoms in total. The van der Waals surface area contributed by atoms with E-state index in [1.807, 2.05) is 30.3 Å². The van der Waals surface area contributed by atoms with Gasteiger partial charge in [0.25, 0.3) is 0 Å². The van der Waals surface area contributed by atoms with Gasteiger partial charge in [0.05, 0.1) is 0 Å². The topological polar surface area (TPSA) is 53.7 Å². The molecule has 1 aromatic rings. The van der Waals surface area contributed by atoms with E-state index in [0.29, 0.717) is 0 Å². The number of hydrogen-bond acceptors (Lipinski definition) is 4. The second kappa shape index (κ2) is 3.98. The average molecular weight is 174 g/mol. The molecule has 0 aliphatic carbocycles. The highest BCUT2D eigenvalue weighted by atomic mass is 16.7. The minimum atomic E-state index is -0.751. The maximum atomic E-state index is 5.41. The summed E-state index contributed by atoms with van der Waals surface area (Å²) in [6, 6.07) is 9.53. The van der Waals surface area contributed by atoms with Crippen molar-refractivity contribution in [1.29, 1.82) is 0 Å². The molecule has 2 N–H and O–H groups in total. The Hall–Kier alpha value is -0.745. The molecule has 0 spiro atoms. The first kappa shape index (κ1) is 8.84. The number of rotatable bonds is 1. The molecule has 0 bridgehead atoms. The molecule has 1 aromatic carbocycles. The van der Waals surface area contributed by atoms with Crippen molar-refractivity contribution in [1.82, 2.24) is 0 Å². The maximum absolute atomic E-state index is 5.41. The lowest BCUT2D eigenvalue weighted by atomic mass is 9.74. The quantitative estimate of drug-likeness (QED) is 0.549. The maximum Gasteiger partial charge on any atom is 0.524 e. The lowest BCUT2D eigenvalue weighted by Gasteiger charge is -2.22. The molecule has 1 radical (unpaired) electrons. The van der Waals surface area contributed by atoms with Crippen molar-refractivity contribution >= 4 is 27.5 Å². The van der Waals surface area contributed by atoms with E-state index >= 15 is 0 Å². The summed E-state index contributed by atoms with van der Waals surface area (Å²) in [7, 11) is -0.0184. The number of hydrogen-bond donors (Lipinski definition) is 1. The molecule has 1 heterocycles. The lowest BCUT2D eigenvalue weighted by molar-refractivity contribution is 0.311. The van der Waals surface area contributed by atoms with Crippen molar-refractivity contribution in [2.24, 2.45) is 5.64 Å². The molecule has 1 aliphatic heterocycles. The summed E-state index contributed by atoms with van der Waals surface area (Å²) in [5.41, 5.74) is 6.32. The van der Waals surface area contributed by atoms with Gasteiger partial charge in [-0.15, -0.1) is 0 Å². The van der Waals surface area contributed by atoms with Gasteiger partial charge >= 0.3 is 22.1 Å². The highest BCUT2D eigenvalue weighted by Crippen LogP contribution is 1.99. The summed E-state index contributed by atoms with van der Waals surface area (Å²) >= 11 is 0. The van der Waals surface area contributed by atoms with E-state index in [2.05, 4.69) is 0 Å². The summed E-state index contributed by atoms with van der Waals surface area (Å²) in [5, 5.41) is 0. The van der Waals surface area contributed by atoms with E-state index < -0.39 is 14.4 Å². The predicted molar refractivity (Wildman–Crippen MR) is 50.8 cm³/mol. The lowest BCUT2D eigenvalue weighted by Crippen LogP contribution is -2.53. The van der Waals surface area contributed by atoms with Crippen LogP contribution in [-0.4, -0.2) is 22.1 Å². The minimum Gasteiger partial charge on any atom is -0.451 e. The van der Waals surface area contributed by atoms with Crippen LogP contribution < -0.4 is 11.1 Å². The molecule has 0 amide bonds. The summed E-state index contributed by atoms with van der Waals surface area (Å²) < 4.78 is 15.0. The van der Waals surface area contributed by atoms with Gasteiger partial charge < -0.3 is 19.4 Å². The van der Waals surface area contributed by atoms with Gasteiger partial charge in [-0.3, -0.25) is 0 Å². The zero-order valence-electron chi connectivity index (χ0n) is 6.92. The predicted octanol–water partition coefficient (Wildman–Crippen LogP) is -1.08. The molecule has 63 valence electrons. The minimum absolute atomic E-state index is 0.468.